The number of hydrogen-bond acceptors (Lipinski definition) is 4. The highest BCUT2D eigenvalue weighted by molar-refractivity contribution is 5.78. The van der Waals surface area contributed by atoms with Crippen LogP contribution in [0.3, 0.4) is 0 Å². The molecular weight excluding hydrogens is 368 g/mol. The van der Waals surface area contributed by atoms with Gasteiger partial charge in [-0.05, 0) is 12.8 Å². The summed E-state index contributed by atoms with van der Waals surface area (Å²) in [5.74, 6) is 0.0965. The van der Waals surface area contributed by atoms with Crippen molar-refractivity contribution in [3.05, 3.63) is 0 Å². The number of esters is 1. The molecule has 1 atom stereocenters. The summed E-state index contributed by atoms with van der Waals surface area (Å²) in [6, 6.07) is 0. The molecule has 6 heteroatoms. The second kappa shape index (κ2) is 14.8. The van der Waals surface area contributed by atoms with Gasteiger partial charge >= 0.3 is 5.97 Å². The number of amides is 1. The molecule has 0 spiro atoms. The van der Waals surface area contributed by atoms with Crippen LogP contribution in [0.2, 0.25) is 0 Å². The first kappa shape index (κ1) is 24.1. The number of likely N-dealkylation sites (tertiary alicyclic amines) is 1. The molecule has 0 saturated carbocycles. The molecule has 1 unspecified atom stereocenters. The third-order valence-corrected chi connectivity index (χ3v) is 6.09. The van der Waals surface area contributed by atoms with Gasteiger partial charge < -0.3 is 19.3 Å². The maximum atomic E-state index is 12.4. The fourth-order valence-electron chi connectivity index (χ4n) is 4.30. The number of nitrogens with one attached hydrogen (secondary N) is 1. The van der Waals surface area contributed by atoms with E-state index in [9.17, 15) is 9.59 Å². The number of quaternary nitrogens is 1. The summed E-state index contributed by atoms with van der Waals surface area (Å²) in [4.78, 5) is 27.7. The van der Waals surface area contributed by atoms with Crippen molar-refractivity contribution in [2.75, 3.05) is 45.9 Å². The molecular formula is C23H43N2O4+. The molecule has 0 radical (unpaired) electrons. The van der Waals surface area contributed by atoms with Crippen LogP contribution in [0.5, 0.6) is 0 Å². The van der Waals surface area contributed by atoms with Gasteiger partial charge in [0.25, 0.3) is 0 Å². The Bertz CT molecular complexity index is 466. The minimum atomic E-state index is -0.198. The van der Waals surface area contributed by atoms with Gasteiger partial charge in [-0.1, -0.05) is 58.3 Å². The average molecular weight is 412 g/mol. The van der Waals surface area contributed by atoms with Gasteiger partial charge in [0.05, 0.1) is 19.8 Å². The molecule has 2 fully saturated rings. The number of carbonyl (C=O) groups excluding carboxylic acids is 2. The van der Waals surface area contributed by atoms with E-state index >= 15 is 0 Å². The van der Waals surface area contributed by atoms with Crippen molar-refractivity contribution < 1.29 is 24.0 Å². The normalized spacial score (nSPS) is 18.9. The quantitative estimate of drug-likeness (QED) is 0.332. The van der Waals surface area contributed by atoms with Crippen LogP contribution < -0.4 is 4.90 Å². The van der Waals surface area contributed by atoms with Crippen molar-refractivity contribution in [3.63, 3.8) is 0 Å². The van der Waals surface area contributed by atoms with Gasteiger partial charge in [-0.2, -0.15) is 0 Å². The van der Waals surface area contributed by atoms with Crippen molar-refractivity contribution in [2.45, 2.75) is 90.1 Å². The molecule has 168 valence electrons. The molecule has 2 rings (SSSR count). The highest BCUT2D eigenvalue weighted by atomic mass is 16.5. The lowest BCUT2D eigenvalue weighted by Gasteiger charge is -2.29. The van der Waals surface area contributed by atoms with Crippen LogP contribution in [0.1, 0.15) is 84.0 Å². The summed E-state index contributed by atoms with van der Waals surface area (Å²) in [6.07, 6.45) is 13.0. The zero-order chi connectivity index (χ0) is 20.7. The number of morpholine rings is 1. The molecule has 2 heterocycles. The minimum absolute atomic E-state index is 0.0998. The molecule has 2 aliphatic heterocycles. The first-order valence-corrected chi connectivity index (χ1v) is 12.1. The minimum Gasteiger partial charge on any atom is -0.454 e. The van der Waals surface area contributed by atoms with E-state index in [0.717, 1.165) is 58.7 Å². The molecule has 1 amide bonds. The molecule has 0 aromatic carbocycles. The van der Waals surface area contributed by atoms with E-state index < -0.39 is 0 Å². The van der Waals surface area contributed by atoms with Crippen LogP contribution in [-0.2, 0) is 19.1 Å². The van der Waals surface area contributed by atoms with Gasteiger partial charge in [0.2, 0.25) is 5.91 Å². The fourth-order valence-corrected chi connectivity index (χ4v) is 4.30. The Kier molecular flexibility index (Phi) is 12.3. The van der Waals surface area contributed by atoms with Crippen LogP contribution >= 0.6 is 0 Å². The summed E-state index contributed by atoms with van der Waals surface area (Å²) in [5.41, 5.74) is 0. The summed E-state index contributed by atoms with van der Waals surface area (Å²) in [5, 5.41) is 0. The maximum absolute atomic E-state index is 12.4. The maximum Gasteiger partial charge on any atom is 0.306 e. The lowest BCUT2D eigenvalue weighted by Crippen LogP contribution is -3.15. The van der Waals surface area contributed by atoms with Crippen LogP contribution in [0.25, 0.3) is 0 Å². The standard InChI is InChI=1S/C23H42N2O4/c1-2-3-4-5-6-7-8-9-10-13-23(27)29-21(19-24-15-17-28-18-16-24)20-25-14-11-12-22(25)26/h21H,2-20H2,1H3/p+1. The van der Waals surface area contributed by atoms with E-state index in [1.807, 2.05) is 4.90 Å². The Morgan fingerprint density at radius 2 is 1.72 bits per heavy atom. The molecule has 1 N–H and O–H groups in total. The topological polar surface area (TPSA) is 60.3 Å². The van der Waals surface area contributed by atoms with Gasteiger partial charge in [-0.3, -0.25) is 9.59 Å². The van der Waals surface area contributed by atoms with Gasteiger partial charge in [0.1, 0.15) is 19.6 Å². The number of unbranched alkanes of at least 4 members (excludes halogenated alkanes) is 8. The van der Waals surface area contributed by atoms with Crippen LogP contribution in [-0.4, -0.2) is 68.8 Å². The zero-order valence-corrected chi connectivity index (χ0v) is 18.6. The van der Waals surface area contributed by atoms with E-state index in [-0.39, 0.29) is 18.0 Å². The Labute approximate surface area is 177 Å². The molecule has 6 nitrogen and oxygen atoms in total. The molecule has 0 bridgehead atoms. The Balaban J connectivity index is 1.64. The molecule has 0 aromatic heterocycles. The van der Waals surface area contributed by atoms with E-state index in [0.29, 0.717) is 19.4 Å². The van der Waals surface area contributed by atoms with Gasteiger partial charge in [0, 0.05) is 19.4 Å². The number of carbonyl (C=O) groups is 2. The summed E-state index contributed by atoms with van der Waals surface area (Å²) in [6.45, 7) is 7.77. The van der Waals surface area contributed by atoms with E-state index in [1.165, 1.54) is 49.8 Å². The fraction of sp³-hybridized carbons (Fsp3) is 0.913. The van der Waals surface area contributed by atoms with Crippen LogP contribution in [0, 0.1) is 0 Å². The lowest BCUT2D eigenvalue weighted by molar-refractivity contribution is -0.910. The van der Waals surface area contributed by atoms with E-state index in [2.05, 4.69) is 6.92 Å². The third-order valence-electron chi connectivity index (χ3n) is 6.09. The predicted octanol–water partition coefficient (Wildman–Crippen LogP) is 2.36. The van der Waals surface area contributed by atoms with Crippen molar-refractivity contribution in [1.82, 2.24) is 4.90 Å². The number of rotatable bonds is 15. The van der Waals surface area contributed by atoms with E-state index in [4.69, 9.17) is 9.47 Å². The SMILES string of the molecule is CCCCCCCCCCCC(=O)OC(CN1CCCC1=O)C[NH+]1CCOCC1. The van der Waals surface area contributed by atoms with Gasteiger partial charge in [-0.15, -0.1) is 0 Å². The second-order valence-electron chi connectivity index (χ2n) is 8.70. The Morgan fingerprint density at radius 1 is 1.07 bits per heavy atom. The summed E-state index contributed by atoms with van der Waals surface area (Å²) < 4.78 is 11.3. The predicted molar refractivity (Wildman–Crippen MR) is 114 cm³/mol. The monoisotopic (exact) mass is 411 g/mol. The van der Waals surface area contributed by atoms with E-state index in [1.54, 1.807) is 0 Å². The lowest BCUT2D eigenvalue weighted by atomic mass is 10.1. The zero-order valence-electron chi connectivity index (χ0n) is 18.6. The first-order chi connectivity index (χ1) is 14.2. The molecule has 2 saturated heterocycles. The van der Waals surface area contributed by atoms with Crippen molar-refractivity contribution in [3.8, 4) is 0 Å². The van der Waals surface area contributed by atoms with Crippen molar-refractivity contribution >= 4 is 11.9 Å². The molecule has 0 aromatic rings. The summed E-state index contributed by atoms with van der Waals surface area (Å²) >= 11 is 0. The summed E-state index contributed by atoms with van der Waals surface area (Å²) in [7, 11) is 0. The number of nitrogens with zero attached hydrogens (tertiary/aromatic N) is 1. The number of hydrogen-bond donors (Lipinski definition) is 1. The van der Waals surface area contributed by atoms with Gasteiger partial charge in [-0.25, -0.2) is 0 Å². The molecule has 29 heavy (non-hydrogen) atoms. The Morgan fingerprint density at radius 3 is 2.34 bits per heavy atom. The van der Waals surface area contributed by atoms with Crippen molar-refractivity contribution in [1.29, 1.82) is 0 Å². The molecule has 2 aliphatic rings. The Hall–Kier alpha value is -1.14. The first-order valence-electron chi connectivity index (χ1n) is 12.1. The largest absolute Gasteiger partial charge is 0.454 e. The van der Waals surface area contributed by atoms with Gasteiger partial charge in [0.15, 0.2) is 6.10 Å². The second-order valence-corrected chi connectivity index (χ2v) is 8.70. The third kappa shape index (κ3) is 10.4. The van der Waals surface area contributed by atoms with Crippen LogP contribution in [0.15, 0.2) is 0 Å². The highest BCUT2D eigenvalue weighted by Gasteiger charge is 2.29. The smallest absolute Gasteiger partial charge is 0.306 e. The highest BCUT2D eigenvalue weighted by Crippen LogP contribution is 2.13. The van der Waals surface area contributed by atoms with Crippen LogP contribution in [0.4, 0.5) is 0 Å². The number of ether oxygens (including phenoxy) is 2. The molecule has 0 aliphatic carbocycles. The average Bonchev–Trinajstić information content (AvgIpc) is 3.12. The van der Waals surface area contributed by atoms with Crippen molar-refractivity contribution in [2.24, 2.45) is 0 Å².